The van der Waals surface area contributed by atoms with Gasteiger partial charge in [-0.1, -0.05) is 0 Å². The molecule has 6 nitrogen and oxygen atoms in total. The zero-order valence-corrected chi connectivity index (χ0v) is 9.83. The van der Waals surface area contributed by atoms with Crippen LogP contribution >= 0.6 is 0 Å². The van der Waals surface area contributed by atoms with Gasteiger partial charge in [-0.15, -0.1) is 0 Å². The Morgan fingerprint density at radius 1 is 1.50 bits per heavy atom. The van der Waals surface area contributed by atoms with Crippen LogP contribution in [0, 0.1) is 5.92 Å². The Labute approximate surface area is 95.0 Å². The lowest BCUT2D eigenvalue weighted by molar-refractivity contribution is -0.136. The van der Waals surface area contributed by atoms with Crippen molar-refractivity contribution in [1.29, 1.82) is 0 Å². The van der Waals surface area contributed by atoms with Crippen molar-refractivity contribution in [3.8, 4) is 0 Å². The Hall–Kier alpha value is -0.660. The summed E-state index contributed by atoms with van der Waals surface area (Å²) in [6.45, 7) is 1.64. The number of hydrogen-bond donors (Lipinski definition) is 2. The van der Waals surface area contributed by atoms with Crippen molar-refractivity contribution < 1.29 is 23.1 Å². The van der Waals surface area contributed by atoms with Gasteiger partial charge in [-0.3, -0.25) is 4.79 Å². The van der Waals surface area contributed by atoms with Gasteiger partial charge in [0.25, 0.3) is 0 Å². The number of carbonyl (C=O) groups is 1. The van der Waals surface area contributed by atoms with Crippen molar-refractivity contribution in [2.45, 2.75) is 19.3 Å². The molecule has 2 N–H and O–H groups in total. The maximum atomic E-state index is 11.4. The van der Waals surface area contributed by atoms with E-state index in [1.165, 1.54) is 0 Å². The summed E-state index contributed by atoms with van der Waals surface area (Å²) in [6, 6.07) is 0. The average molecular weight is 251 g/mol. The highest BCUT2D eigenvalue weighted by molar-refractivity contribution is 7.89. The normalized spacial score (nSPS) is 21.9. The molecule has 0 saturated carbocycles. The number of hydrogen-bond acceptors (Lipinski definition) is 4. The van der Waals surface area contributed by atoms with Crippen LogP contribution < -0.4 is 4.72 Å². The summed E-state index contributed by atoms with van der Waals surface area (Å²) in [4.78, 5) is 10.2. The average Bonchev–Trinajstić information content (AvgIpc) is 2.26. The van der Waals surface area contributed by atoms with Crippen LogP contribution in [0.25, 0.3) is 0 Å². The van der Waals surface area contributed by atoms with E-state index < -0.39 is 16.0 Å². The van der Waals surface area contributed by atoms with Crippen LogP contribution in [0.1, 0.15) is 19.3 Å². The Morgan fingerprint density at radius 2 is 2.25 bits per heavy atom. The molecule has 94 valence electrons. The van der Waals surface area contributed by atoms with Crippen LogP contribution in [-0.4, -0.2) is 45.0 Å². The molecule has 7 heteroatoms. The lowest BCUT2D eigenvalue weighted by Crippen LogP contribution is -2.35. The van der Waals surface area contributed by atoms with Crippen molar-refractivity contribution in [1.82, 2.24) is 4.72 Å². The molecule has 1 aliphatic rings. The van der Waals surface area contributed by atoms with E-state index in [1.54, 1.807) is 0 Å². The molecule has 0 aromatic carbocycles. The monoisotopic (exact) mass is 251 g/mol. The van der Waals surface area contributed by atoms with Crippen molar-refractivity contribution in [3.05, 3.63) is 0 Å². The highest BCUT2D eigenvalue weighted by Crippen LogP contribution is 2.12. The molecular weight excluding hydrogens is 234 g/mol. The number of aliphatic carboxylic acids is 1. The van der Waals surface area contributed by atoms with Crippen molar-refractivity contribution in [3.63, 3.8) is 0 Å². The fourth-order valence-electron chi connectivity index (χ4n) is 1.51. The molecule has 1 atom stereocenters. The quantitative estimate of drug-likeness (QED) is 0.682. The van der Waals surface area contributed by atoms with E-state index >= 15 is 0 Å². The first-order chi connectivity index (χ1) is 7.49. The molecule has 1 unspecified atom stereocenters. The first-order valence-corrected chi connectivity index (χ1v) is 6.92. The van der Waals surface area contributed by atoms with Crippen molar-refractivity contribution in [2.24, 2.45) is 5.92 Å². The van der Waals surface area contributed by atoms with Crippen molar-refractivity contribution in [2.75, 3.05) is 25.5 Å². The zero-order valence-electron chi connectivity index (χ0n) is 9.02. The Bertz CT molecular complexity index is 321. The number of carboxylic acid groups (broad SMARTS) is 1. The number of carboxylic acids is 1. The van der Waals surface area contributed by atoms with Gasteiger partial charge >= 0.3 is 5.97 Å². The predicted molar refractivity (Wildman–Crippen MR) is 57.6 cm³/mol. The minimum Gasteiger partial charge on any atom is -0.481 e. The van der Waals surface area contributed by atoms with Crippen molar-refractivity contribution >= 4 is 16.0 Å². The molecule has 0 aliphatic carbocycles. The Morgan fingerprint density at radius 3 is 2.81 bits per heavy atom. The SMILES string of the molecule is O=C(O)CCS(=O)(=O)NCC1CCCOC1. The molecule has 16 heavy (non-hydrogen) atoms. The molecular formula is C9H17NO5S. The summed E-state index contributed by atoms with van der Waals surface area (Å²) in [5, 5.41) is 8.38. The van der Waals surface area contributed by atoms with Gasteiger partial charge in [0.1, 0.15) is 0 Å². The third kappa shape index (κ3) is 5.43. The van der Waals surface area contributed by atoms with Gasteiger partial charge in [-0.25, -0.2) is 13.1 Å². The zero-order chi connectivity index (χ0) is 12.0. The minimum absolute atomic E-state index is 0.202. The second kappa shape index (κ2) is 6.17. The molecule has 0 spiro atoms. The molecule has 0 amide bonds. The van der Waals surface area contributed by atoms with E-state index in [0.717, 1.165) is 19.4 Å². The number of nitrogens with one attached hydrogen (secondary N) is 1. The van der Waals surface area contributed by atoms with Crippen LogP contribution in [0.15, 0.2) is 0 Å². The van der Waals surface area contributed by atoms with Crippen LogP contribution in [0.3, 0.4) is 0 Å². The largest absolute Gasteiger partial charge is 0.481 e. The molecule has 1 heterocycles. The topological polar surface area (TPSA) is 92.7 Å². The Balaban J connectivity index is 2.26. The maximum Gasteiger partial charge on any atom is 0.304 e. The molecule has 1 rings (SSSR count). The number of rotatable bonds is 6. The summed E-state index contributed by atoms with van der Waals surface area (Å²) in [6.07, 6.45) is 1.53. The molecule has 1 aliphatic heterocycles. The lowest BCUT2D eigenvalue weighted by atomic mass is 10.0. The van der Waals surface area contributed by atoms with Gasteiger partial charge in [0, 0.05) is 13.2 Å². The summed E-state index contributed by atoms with van der Waals surface area (Å²) in [7, 11) is -3.46. The van der Waals surface area contributed by atoms with E-state index in [1.807, 2.05) is 0 Å². The van der Waals surface area contributed by atoms with E-state index in [4.69, 9.17) is 9.84 Å². The number of sulfonamides is 1. The predicted octanol–water partition coefficient (Wildman–Crippen LogP) is -0.193. The summed E-state index contributed by atoms with van der Waals surface area (Å²) < 4.78 is 30.4. The van der Waals surface area contributed by atoms with E-state index in [0.29, 0.717) is 13.2 Å². The molecule has 0 aromatic rings. The van der Waals surface area contributed by atoms with Crippen LogP contribution in [0.4, 0.5) is 0 Å². The van der Waals surface area contributed by atoms with Gasteiger partial charge in [0.2, 0.25) is 10.0 Å². The standard InChI is InChI=1S/C9H17NO5S/c11-9(12)3-5-16(13,14)10-6-8-2-1-4-15-7-8/h8,10H,1-7H2,(H,11,12). The maximum absolute atomic E-state index is 11.4. The molecule has 0 radical (unpaired) electrons. The highest BCUT2D eigenvalue weighted by Gasteiger charge is 2.18. The smallest absolute Gasteiger partial charge is 0.304 e. The first-order valence-electron chi connectivity index (χ1n) is 5.26. The van der Waals surface area contributed by atoms with E-state index in [-0.39, 0.29) is 18.1 Å². The van der Waals surface area contributed by atoms with Crippen LogP contribution in [0.5, 0.6) is 0 Å². The van der Waals surface area contributed by atoms with Gasteiger partial charge in [-0.2, -0.15) is 0 Å². The second-order valence-corrected chi connectivity index (χ2v) is 5.82. The van der Waals surface area contributed by atoms with Gasteiger partial charge in [-0.05, 0) is 18.8 Å². The van der Waals surface area contributed by atoms with E-state index in [9.17, 15) is 13.2 Å². The third-order valence-corrected chi connectivity index (χ3v) is 3.78. The van der Waals surface area contributed by atoms with E-state index in [2.05, 4.69) is 4.72 Å². The van der Waals surface area contributed by atoms with Crippen LogP contribution in [0.2, 0.25) is 0 Å². The second-order valence-electron chi connectivity index (χ2n) is 3.89. The lowest BCUT2D eigenvalue weighted by Gasteiger charge is -2.22. The fourth-order valence-corrected chi connectivity index (χ4v) is 2.58. The number of ether oxygens (including phenoxy) is 1. The molecule has 1 fully saturated rings. The Kier molecular flexibility index (Phi) is 5.17. The highest BCUT2D eigenvalue weighted by atomic mass is 32.2. The first kappa shape index (κ1) is 13.4. The summed E-state index contributed by atoms with van der Waals surface area (Å²) in [5.74, 6) is -1.27. The molecule has 0 bridgehead atoms. The fraction of sp³-hybridized carbons (Fsp3) is 0.889. The minimum atomic E-state index is -3.46. The molecule has 1 saturated heterocycles. The summed E-state index contributed by atoms with van der Waals surface area (Å²) >= 11 is 0. The van der Waals surface area contributed by atoms with Crippen LogP contribution in [-0.2, 0) is 19.6 Å². The van der Waals surface area contributed by atoms with Gasteiger partial charge in [0.15, 0.2) is 0 Å². The molecule has 0 aromatic heterocycles. The van der Waals surface area contributed by atoms with Gasteiger partial charge in [0.05, 0.1) is 18.8 Å². The van der Waals surface area contributed by atoms with Gasteiger partial charge < -0.3 is 9.84 Å². The third-order valence-electron chi connectivity index (χ3n) is 2.43. The summed E-state index contributed by atoms with van der Waals surface area (Å²) in [5.41, 5.74) is 0.